The molecule has 0 atom stereocenters. The maximum Gasteiger partial charge on any atom is 0.161 e. The molecule has 0 bridgehead atoms. The van der Waals surface area contributed by atoms with Gasteiger partial charge >= 0.3 is 0 Å². The highest BCUT2D eigenvalue weighted by molar-refractivity contribution is 7.71. The Morgan fingerprint density at radius 3 is 2.11 bits per heavy atom. The van der Waals surface area contributed by atoms with Gasteiger partial charge in [0, 0.05) is 23.2 Å². The molecule has 0 aliphatic carbocycles. The molecule has 2 aromatic rings. The smallest absolute Gasteiger partial charge is 0.161 e. The Balaban J connectivity index is 2.64. The van der Waals surface area contributed by atoms with Crippen LogP contribution in [0.4, 0.5) is 13.2 Å². The van der Waals surface area contributed by atoms with Crippen LogP contribution in [0.25, 0.3) is 5.69 Å². The number of halogens is 3. The van der Waals surface area contributed by atoms with Crippen LogP contribution in [0.5, 0.6) is 0 Å². The molecule has 1 aromatic heterocycles. The summed E-state index contributed by atoms with van der Waals surface area (Å²) >= 11 is 5.11. The highest BCUT2D eigenvalue weighted by Crippen LogP contribution is 2.23. The second-order valence-corrected chi connectivity index (χ2v) is 5.73. The van der Waals surface area contributed by atoms with Gasteiger partial charge in [-0.15, -0.1) is 0 Å². The molecule has 0 amide bonds. The number of rotatable bonds is 1. The van der Waals surface area contributed by atoms with Crippen LogP contribution in [0.3, 0.4) is 0 Å². The number of hydrogen-bond donors (Lipinski definition) is 1. The van der Waals surface area contributed by atoms with Gasteiger partial charge in [-0.2, -0.15) is 0 Å². The van der Waals surface area contributed by atoms with Crippen LogP contribution in [0.1, 0.15) is 26.5 Å². The van der Waals surface area contributed by atoms with Gasteiger partial charge in [0.25, 0.3) is 0 Å². The van der Waals surface area contributed by atoms with E-state index in [2.05, 4.69) is 5.10 Å². The molecule has 0 aliphatic rings. The van der Waals surface area contributed by atoms with Gasteiger partial charge in [-0.05, 0) is 6.07 Å². The minimum atomic E-state index is -1.23. The second kappa shape index (κ2) is 4.52. The first kappa shape index (κ1) is 13.9. The van der Waals surface area contributed by atoms with Crippen molar-refractivity contribution in [2.24, 2.45) is 0 Å². The Morgan fingerprint density at radius 1 is 1.00 bits per heavy atom. The molecule has 1 N–H and O–H groups in total. The predicted molar refractivity (Wildman–Crippen MR) is 69.5 cm³/mol. The fourth-order valence-corrected chi connectivity index (χ4v) is 1.90. The van der Waals surface area contributed by atoms with E-state index in [0.29, 0.717) is 10.7 Å². The van der Waals surface area contributed by atoms with E-state index in [9.17, 15) is 13.2 Å². The Bertz CT molecular complexity index is 680. The molecule has 1 aromatic carbocycles. The zero-order chi connectivity index (χ0) is 14.4. The minimum absolute atomic E-state index is 0.139. The summed E-state index contributed by atoms with van der Waals surface area (Å²) in [5, 5.41) is 2.91. The van der Waals surface area contributed by atoms with Crippen molar-refractivity contribution < 1.29 is 13.2 Å². The zero-order valence-corrected chi connectivity index (χ0v) is 11.5. The number of aromatic amines is 1. The molecule has 19 heavy (non-hydrogen) atoms. The number of nitrogens with one attached hydrogen (secondary N) is 1. The van der Waals surface area contributed by atoms with Crippen molar-refractivity contribution in [3.05, 3.63) is 46.0 Å². The van der Waals surface area contributed by atoms with Crippen molar-refractivity contribution in [2.75, 3.05) is 0 Å². The van der Waals surface area contributed by atoms with Gasteiger partial charge in [-0.25, -0.2) is 17.9 Å². The Morgan fingerprint density at radius 2 is 1.58 bits per heavy atom. The molecule has 0 saturated heterocycles. The third-order valence-electron chi connectivity index (χ3n) is 2.76. The summed E-state index contributed by atoms with van der Waals surface area (Å²) in [6.07, 6.45) is 0. The average molecular weight is 286 g/mol. The van der Waals surface area contributed by atoms with E-state index < -0.39 is 17.5 Å². The lowest BCUT2D eigenvalue weighted by atomic mass is 9.93. The normalized spacial score (nSPS) is 11.9. The minimum Gasteiger partial charge on any atom is -0.296 e. The summed E-state index contributed by atoms with van der Waals surface area (Å²) < 4.78 is 41.4. The Hall–Kier alpha value is -1.56. The second-order valence-electron chi connectivity index (χ2n) is 5.31. The van der Waals surface area contributed by atoms with Crippen LogP contribution in [0.2, 0.25) is 0 Å². The molecule has 1 heterocycles. The van der Waals surface area contributed by atoms with Gasteiger partial charge < -0.3 is 0 Å². The summed E-state index contributed by atoms with van der Waals surface area (Å²) in [6, 6.07) is 2.96. The topological polar surface area (TPSA) is 20.7 Å². The molecule has 0 fully saturated rings. The molecule has 6 heteroatoms. The molecular weight excluding hydrogens is 273 g/mol. The number of benzene rings is 1. The largest absolute Gasteiger partial charge is 0.296 e. The SMILES string of the molecule is CC(C)(C)c1cc(=S)n(-c2cc(F)c(F)cc2F)[nH]1. The van der Waals surface area contributed by atoms with Gasteiger partial charge in [-0.1, -0.05) is 33.0 Å². The third kappa shape index (κ3) is 2.58. The average Bonchev–Trinajstić information content (AvgIpc) is 2.65. The first-order valence-corrected chi connectivity index (χ1v) is 6.08. The van der Waals surface area contributed by atoms with Crippen molar-refractivity contribution in [3.8, 4) is 5.69 Å². The van der Waals surface area contributed by atoms with E-state index in [4.69, 9.17) is 12.2 Å². The lowest BCUT2D eigenvalue weighted by Gasteiger charge is -2.16. The van der Waals surface area contributed by atoms with E-state index in [0.717, 1.165) is 11.8 Å². The molecule has 0 saturated carbocycles. The van der Waals surface area contributed by atoms with E-state index in [1.54, 1.807) is 6.07 Å². The predicted octanol–water partition coefficient (Wildman–Crippen LogP) is 4.25. The first-order valence-electron chi connectivity index (χ1n) is 5.67. The van der Waals surface area contributed by atoms with Crippen LogP contribution in [0, 0.1) is 22.1 Å². The molecule has 2 nitrogen and oxygen atoms in total. The summed E-state index contributed by atoms with van der Waals surface area (Å²) in [7, 11) is 0. The number of H-pyrrole nitrogens is 1. The van der Waals surface area contributed by atoms with Gasteiger partial charge in [0.2, 0.25) is 0 Å². The monoisotopic (exact) mass is 286 g/mol. The number of hydrogen-bond acceptors (Lipinski definition) is 1. The molecule has 0 aliphatic heterocycles. The number of nitrogens with zero attached hydrogens (tertiary/aromatic N) is 1. The van der Waals surface area contributed by atoms with Gasteiger partial charge in [0.05, 0.1) is 0 Å². The lowest BCUT2D eigenvalue weighted by Crippen LogP contribution is -2.13. The fraction of sp³-hybridized carbons (Fsp3) is 0.308. The van der Waals surface area contributed by atoms with E-state index in [1.165, 1.54) is 4.68 Å². The Labute approximate surface area is 113 Å². The van der Waals surface area contributed by atoms with E-state index in [-0.39, 0.29) is 11.1 Å². The standard InChI is InChI=1S/C13H13F3N2S/c1-13(2,3)11-6-12(19)18(17-11)10-5-8(15)7(14)4-9(10)16/h4-6,17H,1-3H3. The molecule has 2 rings (SSSR count). The van der Waals surface area contributed by atoms with Crippen molar-refractivity contribution in [1.82, 2.24) is 9.78 Å². The van der Waals surface area contributed by atoms with Crippen LogP contribution in [0.15, 0.2) is 18.2 Å². The zero-order valence-electron chi connectivity index (χ0n) is 10.7. The summed E-state index contributed by atoms with van der Waals surface area (Å²) in [4.78, 5) is 0. The van der Waals surface area contributed by atoms with E-state index in [1.807, 2.05) is 20.8 Å². The maximum atomic E-state index is 13.7. The lowest BCUT2D eigenvalue weighted by molar-refractivity contribution is 0.490. The highest BCUT2D eigenvalue weighted by atomic mass is 32.1. The molecular formula is C13H13F3N2S. The molecule has 102 valence electrons. The first-order chi connectivity index (χ1) is 8.70. The van der Waals surface area contributed by atoms with Crippen molar-refractivity contribution >= 4 is 12.2 Å². The van der Waals surface area contributed by atoms with Gasteiger partial charge in [0.15, 0.2) is 17.5 Å². The van der Waals surface area contributed by atoms with E-state index >= 15 is 0 Å². The van der Waals surface area contributed by atoms with Crippen LogP contribution >= 0.6 is 12.2 Å². The summed E-state index contributed by atoms with van der Waals surface area (Å²) in [6.45, 7) is 5.87. The van der Waals surface area contributed by atoms with Crippen LogP contribution in [-0.2, 0) is 5.41 Å². The van der Waals surface area contributed by atoms with Gasteiger partial charge in [-0.3, -0.25) is 5.10 Å². The quantitative estimate of drug-likeness (QED) is 0.614. The van der Waals surface area contributed by atoms with Crippen molar-refractivity contribution in [1.29, 1.82) is 0 Å². The number of aromatic nitrogens is 2. The third-order valence-corrected chi connectivity index (χ3v) is 3.06. The van der Waals surface area contributed by atoms with Crippen LogP contribution in [-0.4, -0.2) is 9.78 Å². The summed E-state index contributed by atoms with van der Waals surface area (Å²) in [5.74, 6) is -3.22. The van der Waals surface area contributed by atoms with Crippen LogP contribution < -0.4 is 0 Å². The van der Waals surface area contributed by atoms with Crippen molar-refractivity contribution in [2.45, 2.75) is 26.2 Å². The Kier molecular flexibility index (Phi) is 3.30. The molecule has 0 spiro atoms. The van der Waals surface area contributed by atoms with Gasteiger partial charge in [0.1, 0.15) is 10.3 Å². The summed E-state index contributed by atoms with van der Waals surface area (Å²) in [5.41, 5.74) is 0.425. The maximum absolute atomic E-state index is 13.7. The molecule has 0 unspecified atom stereocenters. The fourth-order valence-electron chi connectivity index (χ4n) is 1.64. The van der Waals surface area contributed by atoms with Crippen molar-refractivity contribution in [3.63, 3.8) is 0 Å². The highest BCUT2D eigenvalue weighted by Gasteiger charge is 2.19. The molecule has 0 radical (unpaired) electrons.